The lowest BCUT2D eigenvalue weighted by molar-refractivity contribution is 0.318. The number of aromatic amines is 1. The molecule has 1 atom stereocenters. The van der Waals surface area contributed by atoms with Crippen molar-refractivity contribution < 1.29 is 8.42 Å². The van der Waals surface area contributed by atoms with Gasteiger partial charge in [0.2, 0.25) is 10.0 Å². The Labute approximate surface area is 205 Å². The molecule has 7 heteroatoms. The second kappa shape index (κ2) is 9.71. The molecule has 0 saturated heterocycles. The van der Waals surface area contributed by atoms with Crippen molar-refractivity contribution in [1.82, 2.24) is 14.3 Å². The highest BCUT2D eigenvalue weighted by molar-refractivity contribution is 7.89. The minimum atomic E-state index is -3.80. The minimum absolute atomic E-state index is 0.180. The molecule has 0 bridgehead atoms. The SMILES string of the molecule is N#Cc1ccc2c(c1)CN(S(=O)(=O)c1ccccc1)[C@H](Cc1ccccc1)CC2=Cc1cnc[nH]1. The van der Waals surface area contributed by atoms with Gasteiger partial charge in [-0.05, 0) is 65.4 Å². The van der Waals surface area contributed by atoms with Crippen molar-refractivity contribution in [3.05, 3.63) is 119 Å². The van der Waals surface area contributed by atoms with Crippen LogP contribution >= 0.6 is 0 Å². The number of hydrogen-bond donors (Lipinski definition) is 1. The zero-order valence-electron chi connectivity index (χ0n) is 19.0. The fraction of sp³-hybridized carbons (Fsp3) is 0.143. The molecular formula is C28H24N4O2S. The third kappa shape index (κ3) is 4.80. The highest BCUT2D eigenvalue weighted by atomic mass is 32.2. The zero-order valence-corrected chi connectivity index (χ0v) is 19.8. The molecule has 0 unspecified atom stereocenters. The van der Waals surface area contributed by atoms with Crippen molar-refractivity contribution in [2.75, 3.05) is 0 Å². The molecule has 2 heterocycles. The topological polar surface area (TPSA) is 89.8 Å². The second-order valence-electron chi connectivity index (χ2n) is 8.57. The minimum Gasteiger partial charge on any atom is -0.345 e. The first-order valence-corrected chi connectivity index (χ1v) is 12.8. The highest BCUT2D eigenvalue weighted by Gasteiger charge is 2.35. The van der Waals surface area contributed by atoms with Gasteiger partial charge in [-0.1, -0.05) is 54.6 Å². The average molecular weight is 481 g/mol. The van der Waals surface area contributed by atoms with Crippen LogP contribution in [0, 0.1) is 11.3 Å². The number of benzene rings is 3. The number of imidazole rings is 1. The largest absolute Gasteiger partial charge is 0.345 e. The number of rotatable bonds is 5. The number of nitrogens with one attached hydrogen (secondary N) is 1. The standard InChI is InChI=1S/C28H24N4O2S/c29-17-22-11-12-28-23(15-25-18-30-20-31-25)16-26(14-21-7-3-1-4-8-21)32(19-24(28)13-22)35(33,34)27-9-5-2-6-10-27/h1-13,15,18,20,26H,14,16,19H2,(H,30,31)/t26-/m1/s1. The van der Waals surface area contributed by atoms with Gasteiger partial charge in [-0.25, -0.2) is 13.4 Å². The van der Waals surface area contributed by atoms with Crippen molar-refractivity contribution in [2.24, 2.45) is 0 Å². The summed E-state index contributed by atoms with van der Waals surface area (Å²) in [5.74, 6) is 0. The van der Waals surface area contributed by atoms with Crippen molar-refractivity contribution in [1.29, 1.82) is 5.26 Å². The maximum atomic E-state index is 14.0. The fourth-order valence-electron chi connectivity index (χ4n) is 4.61. The second-order valence-corrected chi connectivity index (χ2v) is 10.5. The summed E-state index contributed by atoms with van der Waals surface area (Å²) in [5.41, 5.74) is 5.17. The van der Waals surface area contributed by atoms with Gasteiger partial charge in [0.25, 0.3) is 0 Å². The van der Waals surface area contributed by atoms with Crippen LogP contribution in [0.1, 0.15) is 34.4 Å². The van der Waals surface area contributed by atoms with Crippen molar-refractivity contribution in [3.8, 4) is 6.07 Å². The summed E-state index contributed by atoms with van der Waals surface area (Å²) in [6.45, 7) is 0.180. The van der Waals surface area contributed by atoms with Gasteiger partial charge in [0, 0.05) is 12.6 Å². The average Bonchev–Trinajstić information content (AvgIpc) is 3.35. The Hall–Kier alpha value is -3.99. The first-order chi connectivity index (χ1) is 17.0. The maximum Gasteiger partial charge on any atom is 0.243 e. The molecule has 0 amide bonds. The van der Waals surface area contributed by atoms with Gasteiger partial charge in [-0.15, -0.1) is 0 Å². The summed E-state index contributed by atoms with van der Waals surface area (Å²) in [7, 11) is -3.80. The van der Waals surface area contributed by atoms with Crippen LogP contribution in [0.5, 0.6) is 0 Å². The van der Waals surface area contributed by atoms with Crippen LogP contribution in [-0.2, 0) is 23.0 Å². The zero-order chi connectivity index (χ0) is 24.3. The summed E-state index contributed by atoms with van der Waals surface area (Å²) in [6, 6.07) is 25.9. The number of aromatic nitrogens is 2. The molecule has 0 saturated carbocycles. The molecule has 1 aliphatic heterocycles. The maximum absolute atomic E-state index is 14.0. The molecule has 0 spiro atoms. The van der Waals surface area contributed by atoms with E-state index in [0.29, 0.717) is 18.4 Å². The first-order valence-electron chi connectivity index (χ1n) is 11.4. The van der Waals surface area contributed by atoms with E-state index in [1.54, 1.807) is 53.2 Å². The van der Waals surface area contributed by atoms with E-state index in [1.807, 2.05) is 48.5 Å². The number of nitrogens with zero attached hydrogens (tertiary/aromatic N) is 3. The molecule has 174 valence electrons. The number of hydrogen-bond acceptors (Lipinski definition) is 4. The van der Waals surface area contributed by atoms with E-state index in [0.717, 1.165) is 28.0 Å². The molecule has 0 radical (unpaired) electrons. The molecule has 4 aromatic rings. The summed E-state index contributed by atoms with van der Waals surface area (Å²) >= 11 is 0. The number of fused-ring (bicyclic) bond motifs is 1. The Bertz CT molecular complexity index is 1490. The van der Waals surface area contributed by atoms with Crippen LogP contribution in [-0.4, -0.2) is 28.7 Å². The number of nitriles is 1. The van der Waals surface area contributed by atoms with Crippen LogP contribution in [0.3, 0.4) is 0 Å². The van der Waals surface area contributed by atoms with Crippen LogP contribution in [0.25, 0.3) is 11.6 Å². The van der Waals surface area contributed by atoms with E-state index in [4.69, 9.17) is 0 Å². The summed E-state index contributed by atoms with van der Waals surface area (Å²) in [4.78, 5) is 7.51. The van der Waals surface area contributed by atoms with E-state index in [2.05, 4.69) is 16.0 Å². The van der Waals surface area contributed by atoms with Gasteiger partial charge in [-0.2, -0.15) is 9.57 Å². The van der Waals surface area contributed by atoms with Gasteiger partial charge in [-0.3, -0.25) is 0 Å². The third-order valence-electron chi connectivity index (χ3n) is 6.28. The van der Waals surface area contributed by atoms with E-state index in [1.165, 1.54) is 0 Å². The third-order valence-corrected chi connectivity index (χ3v) is 8.19. The quantitative estimate of drug-likeness (QED) is 0.434. The fourth-order valence-corrected chi connectivity index (χ4v) is 6.23. The molecule has 1 N–H and O–H groups in total. The number of H-pyrrole nitrogens is 1. The predicted octanol–water partition coefficient (Wildman–Crippen LogP) is 5.03. The molecule has 0 aliphatic carbocycles. The predicted molar refractivity (Wildman–Crippen MR) is 135 cm³/mol. The van der Waals surface area contributed by atoms with Crippen LogP contribution in [0.2, 0.25) is 0 Å². The van der Waals surface area contributed by atoms with Gasteiger partial charge in [0.1, 0.15) is 0 Å². The molecule has 0 fully saturated rings. The summed E-state index contributed by atoms with van der Waals surface area (Å²) < 4.78 is 29.5. The van der Waals surface area contributed by atoms with Crippen LogP contribution < -0.4 is 0 Å². The van der Waals surface area contributed by atoms with E-state index in [-0.39, 0.29) is 17.5 Å². The lowest BCUT2D eigenvalue weighted by Gasteiger charge is -2.29. The molecule has 3 aromatic carbocycles. The van der Waals surface area contributed by atoms with E-state index in [9.17, 15) is 13.7 Å². The van der Waals surface area contributed by atoms with Crippen molar-refractivity contribution in [2.45, 2.75) is 30.3 Å². The number of sulfonamides is 1. The van der Waals surface area contributed by atoms with Crippen molar-refractivity contribution in [3.63, 3.8) is 0 Å². The van der Waals surface area contributed by atoms with Gasteiger partial charge >= 0.3 is 0 Å². The van der Waals surface area contributed by atoms with Crippen LogP contribution in [0.4, 0.5) is 0 Å². The molecule has 1 aliphatic rings. The molecule has 35 heavy (non-hydrogen) atoms. The lowest BCUT2D eigenvalue weighted by atomic mass is 9.93. The Morgan fingerprint density at radius 3 is 2.49 bits per heavy atom. The van der Waals surface area contributed by atoms with Gasteiger partial charge in [0.15, 0.2) is 0 Å². The molecule has 1 aromatic heterocycles. The Kier molecular flexibility index (Phi) is 6.32. The van der Waals surface area contributed by atoms with Crippen LogP contribution in [0.15, 0.2) is 96.3 Å². The summed E-state index contributed by atoms with van der Waals surface area (Å²) in [6.07, 6.45) is 6.46. The first kappa shape index (κ1) is 22.8. The molecular weight excluding hydrogens is 456 g/mol. The monoisotopic (exact) mass is 480 g/mol. The van der Waals surface area contributed by atoms with E-state index < -0.39 is 10.0 Å². The van der Waals surface area contributed by atoms with Crippen molar-refractivity contribution >= 4 is 21.7 Å². The Morgan fingerprint density at radius 1 is 1.06 bits per heavy atom. The molecule has 6 nitrogen and oxygen atoms in total. The molecule has 5 rings (SSSR count). The highest BCUT2D eigenvalue weighted by Crippen LogP contribution is 2.36. The summed E-state index contributed by atoms with van der Waals surface area (Å²) in [5, 5.41) is 9.52. The van der Waals surface area contributed by atoms with E-state index >= 15 is 0 Å². The van der Waals surface area contributed by atoms with Gasteiger partial charge < -0.3 is 4.98 Å². The normalized spacial score (nSPS) is 17.5. The Balaban J connectivity index is 1.67. The van der Waals surface area contributed by atoms with Gasteiger partial charge in [0.05, 0.1) is 34.7 Å². The lowest BCUT2D eigenvalue weighted by Crippen LogP contribution is -2.40. The Morgan fingerprint density at radius 2 is 1.80 bits per heavy atom. The smallest absolute Gasteiger partial charge is 0.243 e.